The quantitative estimate of drug-likeness (QED) is 0.118. The lowest BCUT2D eigenvalue weighted by Crippen LogP contribution is -2.63. The van der Waals surface area contributed by atoms with Gasteiger partial charge in [0.15, 0.2) is 12.2 Å². The highest BCUT2D eigenvalue weighted by atomic mass is 35.6. The smallest absolute Gasteiger partial charge is 0.338 e. The summed E-state index contributed by atoms with van der Waals surface area (Å²) >= 11 is 17.4. The molecule has 0 aromatic heterocycles. The van der Waals surface area contributed by atoms with Gasteiger partial charge in [-0.25, -0.2) is 14.4 Å². The van der Waals surface area contributed by atoms with E-state index in [2.05, 4.69) is 0 Å². The van der Waals surface area contributed by atoms with Crippen LogP contribution in [0, 0.1) is 5.41 Å². The van der Waals surface area contributed by atoms with Crippen LogP contribution < -0.4 is 0 Å². The molecule has 13 heteroatoms. The van der Waals surface area contributed by atoms with Crippen LogP contribution in [0.15, 0.2) is 91.0 Å². The first-order chi connectivity index (χ1) is 20.1. The predicted molar refractivity (Wildman–Crippen MR) is 152 cm³/mol. The highest BCUT2D eigenvalue weighted by Crippen LogP contribution is 2.34. The molecule has 10 nitrogen and oxygen atoms in total. The zero-order valence-corrected chi connectivity index (χ0v) is 23.9. The highest BCUT2D eigenvalue weighted by Gasteiger charge is 2.54. The van der Waals surface area contributed by atoms with E-state index in [1.165, 1.54) is 36.4 Å². The van der Waals surface area contributed by atoms with Gasteiger partial charge in [0.25, 0.3) is 3.79 Å². The molecule has 1 aliphatic heterocycles. The number of ether oxygens (including phenoxy) is 5. The molecular formula is C29H24Cl3NO9. The van der Waals surface area contributed by atoms with Gasteiger partial charge in [-0.05, 0) is 36.4 Å². The third kappa shape index (κ3) is 7.78. The normalized spacial score (nSPS) is 22.0. The van der Waals surface area contributed by atoms with Gasteiger partial charge in [0.2, 0.25) is 18.3 Å². The van der Waals surface area contributed by atoms with Crippen molar-refractivity contribution in [1.82, 2.24) is 0 Å². The van der Waals surface area contributed by atoms with Gasteiger partial charge in [0, 0.05) is 0 Å². The molecule has 0 amide bonds. The van der Waals surface area contributed by atoms with E-state index in [-0.39, 0.29) is 16.7 Å². The van der Waals surface area contributed by atoms with Crippen LogP contribution in [0.4, 0.5) is 0 Å². The van der Waals surface area contributed by atoms with Crippen LogP contribution in [0.25, 0.3) is 0 Å². The summed E-state index contributed by atoms with van der Waals surface area (Å²) in [5.74, 6) is -3.53. The third-order valence-corrected chi connectivity index (χ3v) is 6.54. The summed E-state index contributed by atoms with van der Waals surface area (Å²) in [6.07, 6.45) is -7.98. The molecule has 1 aliphatic rings. The van der Waals surface area contributed by atoms with Crippen molar-refractivity contribution >= 4 is 58.6 Å². The monoisotopic (exact) mass is 635 g/mol. The van der Waals surface area contributed by atoms with E-state index in [0.717, 1.165) is 0 Å². The van der Waals surface area contributed by atoms with Gasteiger partial charge in [-0.15, -0.1) is 0 Å². The second-order valence-electron chi connectivity index (χ2n) is 8.88. The molecule has 1 saturated heterocycles. The fourth-order valence-electron chi connectivity index (χ4n) is 4.00. The van der Waals surface area contributed by atoms with Crippen LogP contribution in [0.2, 0.25) is 0 Å². The van der Waals surface area contributed by atoms with E-state index in [9.17, 15) is 19.5 Å². The minimum atomic E-state index is -2.35. The zero-order valence-electron chi connectivity index (χ0n) is 21.6. The summed E-state index contributed by atoms with van der Waals surface area (Å²) in [6, 6.07) is 23.6. The van der Waals surface area contributed by atoms with Crippen molar-refractivity contribution in [1.29, 1.82) is 5.41 Å². The van der Waals surface area contributed by atoms with Gasteiger partial charge in [-0.1, -0.05) is 89.4 Å². The Kier molecular flexibility index (Phi) is 10.4. The number of aliphatic hydroxyl groups excluding tert-OH is 1. The van der Waals surface area contributed by atoms with E-state index in [1.54, 1.807) is 54.6 Å². The van der Waals surface area contributed by atoms with Gasteiger partial charge in [-0.2, -0.15) is 0 Å². The van der Waals surface area contributed by atoms with Crippen molar-refractivity contribution in [2.45, 2.75) is 34.5 Å². The maximum absolute atomic E-state index is 13.2. The summed E-state index contributed by atoms with van der Waals surface area (Å²) in [7, 11) is 0. The molecule has 0 radical (unpaired) electrons. The van der Waals surface area contributed by atoms with E-state index >= 15 is 0 Å². The Morgan fingerprint density at radius 1 is 0.667 bits per heavy atom. The van der Waals surface area contributed by atoms with Gasteiger partial charge in [-0.3, -0.25) is 5.41 Å². The van der Waals surface area contributed by atoms with Gasteiger partial charge < -0.3 is 28.8 Å². The van der Waals surface area contributed by atoms with Crippen LogP contribution in [-0.4, -0.2) is 70.0 Å². The fraction of sp³-hybridized carbons (Fsp3) is 0.241. The van der Waals surface area contributed by atoms with E-state index in [1.807, 2.05) is 0 Å². The zero-order chi connectivity index (χ0) is 30.3. The first kappa shape index (κ1) is 31.3. The number of hydrogen-bond acceptors (Lipinski definition) is 10. The molecule has 0 saturated carbocycles. The molecule has 0 unspecified atom stereocenters. The topological polar surface area (TPSA) is 141 Å². The Balaban J connectivity index is 1.76. The second kappa shape index (κ2) is 14.0. The van der Waals surface area contributed by atoms with Gasteiger partial charge in [0.05, 0.1) is 23.3 Å². The molecule has 3 aromatic rings. The number of carbonyl (C=O) groups excluding carboxylic acids is 3. The van der Waals surface area contributed by atoms with E-state index < -0.39 is 64.9 Å². The number of carbonyl (C=O) groups is 3. The first-order valence-corrected chi connectivity index (χ1v) is 13.6. The lowest BCUT2D eigenvalue weighted by atomic mass is 9.97. The lowest BCUT2D eigenvalue weighted by molar-refractivity contribution is -0.279. The molecule has 4 rings (SSSR count). The Bertz CT molecular complexity index is 1390. The number of rotatable bonds is 8. The molecule has 0 spiro atoms. The molecule has 0 aliphatic carbocycles. The van der Waals surface area contributed by atoms with Crippen molar-refractivity contribution in [3.63, 3.8) is 0 Å². The summed E-state index contributed by atoms with van der Waals surface area (Å²) in [5.41, 5.74) is 0.386. The molecule has 42 heavy (non-hydrogen) atoms. The number of halogens is 3. The molecule has 1 heterocycles. The number of esters is 3. The Labute approximate surface area is 255 Å². The highest BCUT2D eigenvalue weighted by molar-refractivity contribution is 6.76. The van der Waals surface area contributed by atoms with Crippen LogP contribution in [0.3, 0.4) is 0 Å². The molecule has 3 aromatic carbocycles. The Morgan fingerprint density at radius 3 is 1.43 bits per heavy atom. The van der Waals surface area contributed by atoms with E-state index in [0.29, 0.717) is 0 Å². The molecule has 220 valence electrons. The Morgan fingerprint density at radius 2 is 1.05 bits per heavy atom. The first-order valence-electron chi connectivity index (χ1n) is 12.4. The summed E-state index contributed by atoms with van der Waals surface area (Å²) < 4.78 is 26.0. The average molecular weight is 637 g/mol. The van der Waals surface area contributed by atoms with Crippen LogP contribution in [0.5, 0.6) is 0 Å². The molecular weight excluding hydrogens is 613 g/mol. The number of nitrogens with one attached hydrogen (secondary N) is 1. The summed E-state index contributed by atoms with van der Waals surface area (Å²) in [5, 5.41) is 18.3. The largest absolute Gasteiger partial charge is 0.452 e. The minimum absolute atomic E-state index is 0.114. The van der Waals surface area contributed by atoms with Crippen LogP contribution >= 0.6 is 34.8 Å². The molecule has 2 N–H and O–H groups in total. The maximum Gasteiger partial charge on any atom is 0.338 e. The maximum atomic E-state index is 13.2. The fourth-order valence-corrected chi connectivity index (χ4v) is 4.14. The van der Waals surface area contributed by atoms with E-state index in [4.69, 9.17) is 63.9 Å². The number of aliphatic hydroxyl groups is 1. The predicted octanol–water partition coefficient (Wildman–Crippen LogP) is 4.74. The summed E-state index contributed by atoms with van der Waals surface area (Å²) in [6.45, 7) is -0.771. The number of hydrogen-bond donors (Lipinski definition) is 2. The molecule has 1 fully saturated rings. The van der Waals surface area contributed by atoms with Crippen molar-refractivity contribution in [2.24, 2.45) is 0 Å². The van der Waals surface area contributed by atoms with Gasteiger partial charge in [0.1, 0.15) is 6.10 Å². The standard InChI is InChI=1S/C29H24Cl3NO9/c30-29(31,32)28(33)42-27-23(41-26(37)19-14-8-3-9-15-19)22(40-25(36)18-12-6-2-7-13-18)21(20(16-34)38-27)39-24(35)17-10-4-1-5-11-17/h1-15,20-23,27,33-34H,16H2/t20-,21-,22+,23-,27+/m1/s1. The molecule has 5 atom stereocenters. The van der Waals surface area contributed by atoms with Crippen molar-refractivity contribution in [2.75, 3.05) is 6.61 Å². The van der Waals surface area contributed by atoms with Crippen LogP contribution in [-0.2, 0) is 23.7 Å². The van der Waals surface area contributed by atoms with Crippen molar-refractivity contribution in [3.8, 4) is 0 Å². The SMILES string of the molecule is N=C(O[C@@H]1O[C@H](CO)[C@@H](OC(=O)c2ccccc2)[C@H](OC(=O)c2ccccc2)[C@H]1OC(=O)c1ccccc1)C(Cl)(Cl)Cl. The van der Waals surface area contributed by atoms with Crippen molar-refractivity contribution in [3.05, 3.63) is 108 Å². The van der Waals surface area contributed by atoms with Gasteiger partial charge >= 0.3 is 17.9 Å². The molecule has 0 bridgehead atoms. The Hall–Kier alpha value is -3.67. The number of alkyl halides is 3. The second-order valence-corrected chi connectivity index (χ2v) is 11.2. The third-order valence-electron chi connectivity index (χ3n) is 6.02. The van der Waals surface area contributed by atoms with Crippen LogP contribution in [0.1, 0.15) is 31.1 Å². The lowest BCUT2D eigenvalue weighted by Gasteiger charge is -2.44. The summed E-state index contributed by atoms with van der Waals surface area (Å²) in [4.78, 5) is 39.5. The minimum Gasteiger partial charge on any atom is -0.452 e. The average Bonchev–Trinajstić information content (AvgIpc) is 3.00. The number of benzene rings is 3. The van der Waals surface area contributed by atoms with Crippen molar-refractivity contribution < 1.29 is 43.2 Å².